The number of carbonyl (C=O) groups excluding carboxylic acids is 1. The summed E-state index contributed by atoms with van der Waals surface area (Å²) in [4.78, 5) is 12.0. The highest BCUT2D eigenvalue weighted by Gasteiger charge is 2.32. The Kier molecular flexibility index (Phi) is 6.71. The van der Waals surface area contributed by atoms with E-state index in [1.807, 2.05) is 0 Å². The van der Waals surface area contributed by atoms with Crippen molar-refractivity contribution in [2.45, 2.75) is 85.2 Å². The van der Waals surface area contributed by atoms with Gasteiger partial charge in [-0.15, -0.1) is 0 Å². The van der Waals surface area contributed by atoms with E-state index in [0.29, 0.717) is 18.9 Å². The first-order valence-corrected chi connectivity index (χ1v) is 8.62. The van der Waals surface area contributed by atoms with Crippen LogP contribution in [0.3, 0.4) is 0 Å². The van der Waals surface area contributed by atoms with Crippen LogP contribution in [0.2, 0.25) is 0 Å². The van der Waals surface area contributed by atoms with Crippen molar-refractivity contribution >= 4 is 5.91 Å². The average molecular weight is 297 g/mol. The van der Waals surface area contributed by atoms with Crippen LogP contribution in [0.1, 0.15) is 79.6 Å². The summed E-state index contributed by atoms with van der Waals surface area (Å²) in [5.74, 6) is 1.22. The van der Waals surface area contributed by atoms with Crippen LogP contribution in [-0.2, 0) is 4.79 Å². The van der Waals surface area contributed by atoms with E-state index >= 15 is 0 Å². The molecule has 0 aromatic rings. The molecule has 0 aromatic carbocycles. The maximum Gasteiger partial charge on any atom is 0.220 e. The van der Waals surface area contributed by atoms with Gasteiger partial charge in [-0.2, -0.15) is 0 Å². The van der Waals surface area contributed by atoms with Gasteiger partial charge in [0.25, 0.3) is 0 Å². The zero-order valence-electron chi connectivity index (χ0n) is 14.7. The lowest BCUT2D eigenvalue weighted by atomic mass is 9.78. The Morgan fingerprint density at radius 1 is 1.33 bits per heavy atom. The number of carbonyl (C=O) groups is 1. The molecule has 0 spiro atoms. The molecule has 0 bridgehead atoms. The zero-order valence-corrected chi connectivity index (χ0v) is 14.7. The van der Waals surface area contributed by atoms with Crippen molar-refractivity contribution in [2.75, 3.05) is 6.54 Å². The second kappa shape index (κ2) is 7.62. The molecule has 2 N–H and O–H groups in total. The Balaban J connectivity index is 2.29. The fourth-order valence-electron chi connectivity index (χ4n) is 3.57. The lowest BCUT2D eigenvalue weighted by molar-refractivity contribution is -0.123. The molecule has 1 aliphatic rings. The number of nitrogens with one attached hydrogen (secondary N) is 1. The van der Waals surface area contributed by atoms with Gasteiger partial charge < -0.3 is 10.4 Å². The van der Waals surface area contributed by atoms with Crippen LogP contribution in [-0.4, -0.2) is 23.2 Å². The Labute approximate surface area is 130 Å². The summed E-state index contributed by atoms with van der Waals surface area (Å²) in [6.45, 7) is 11.4. The van der Waals surface area contributed by atoms with Crippen molar-refractivity contribution < 1.29 is 9.90 Å². The number of hydrogen-bond acceptors (Lipinski definition) is 2. The topological polar surface area (TPSA) is 49.3 Å². The Morgan fingerprint density at radius 3 is 2.38 bits per heavy atom. The van der Waals surface area contributed by atoms with Crippen LogP contribution in [0.4, 0.5) is 0 Å². The molecule has 0 aliphatic heterocycles. The van der Waals surface area contributed by atoms with Gasteiger partial charge in [-0.3, -0.25) is 4.79 Å². The van der Waals surface area contributed by atoms with E-state index in [2.05, 4.69) is 39.9 Å². The predicted molar refractivity (Wildman–Crippen MR) is 88.1 cm³/mol. The molecule has 3 nitrogen and oxygen atoms in total. The normalized spacial score (nSPS) is 28.2. The minimum absolute atomic E-state index is 0.0813. The number of amides is 1. The quantitative estimate of drug-likeness (QED) is 0.781. The highest BCUT2D eigenvalue weighted by molar-refractivity contribution is 5.76. The van der Waals surface area contributed by atoms with Crippen molar-refractivity contribution in [3.63, 3.8) is 0 Å². The number of aliphatic hydroxyl groups is 1. The number of hydrogen-bond donors (Lipinski definition) is 2. The van der Waals surface area contributed by atoms with E-state index < -0.39 is 5.60 Å². The first-order chi connectivity index (χ1) is 9.63. The first-order valence-electron chi connectivity index (χ1n) is 8.62. The molecular weight excluding hydrogens is 262 g/mol. The van der Waals surface area contributed by atoms with Gasteiger partial charge in [-0.05, 0) is 49.4 Å². The molecule has 1 rings (SSSR count). The maximum atomic E-state index is 12.0. The molecule has 0 aromatic heterocycles. The van der Waals surface area contributed by atoms with Crippen molar-refractivity contribution in [3.05, 3.63) is 0 Å². The summed E-state index contributed by atoms with van der Waals surface area (Å²) in [7, 11) is 0. The van der Waals surface area contributed by atoms with Crippen LogP contribution >= 0.6 is 0 Å². The van der Waals surface area contributed by atoms with Gasteiger partial charge in [0, 0.05) is 13.0 Å². The fraction of sp³-hybridized carbons (Fsp3) is 0.944. The summed E-state index contributed by atoms with van der Waals surface area (Å²) < 4.78 is 0. The highest BCUT2D eigenvalue weighted by Crippen LogP contribution is 2.33. The Hall–Kier alpha value is -0.570. The Morgan fingerprint density at radius 2 is 1.90 bits per heavy atom. The van der Waals surface area contributed by atoms with Crippen LogP contribution in [0.25, 0.3) is 0 Å². The SMILES string of the molecule is CCC1CCC(O)(CNC(=O)CC(C)CC(C)(C)C)CC1. The first kappa shape index (κ1) is 18.5. The fourth-order valence-corrected chi connectivity index (χ4v) is 3.57. The third-order valence-corrected chi connectivity index (χ3v) is 4.72. The standard InChI is InChI=1S/C18H35NO2/c1-6-15-7-9-18(21,10-8-15)13-19-16(20)11-14(2)12-17(3,4)5/h14-15,21H,6-13H2,1-5H3,(H,19,20). The second-order valence-corrected chi connectivity index (χ2v) is 8.43. The third kappa shape index (κ3) is 7.30. The van der Waals surface area contributed by atoms with Gasteiger partial charge in [0.05, 0.1) is 5.60 Å². The summed E-state index contributed by atoms with van der Waals surface area (Å²) in [5.41, 5.74) is -0.412. The molecular formula is C18H35NO2. The van der Waals surface area contributed by atoms with Crippen LogP contribution in [0.15, 0.2) is 0 Å². The summed E-state index contributed by atoms with van der Waals surface area (Å²) in [6.07, 6.45) is 6.62. The monoisotopic (exact) mass is 297 g/mol. The van der Waals surface area contributed by atoms with Crippen molar-refractivity contribution in [2.24, 2.45) is 17.3 Å². The minimum Gasteiger partial charge on any atom is -0.388 e. The lowest BCUT2D eigenvalue weighted by Gasteiger charge is -2.36. The second-order valence-electron chi connectivity index (χ2n) is 8.43. The lowest BCUT2D eigenvalue weighted by Crippen LogP contribution is -2.45. The van der Waals surface area contributed by atoms with Crippen molar-refractivity contribution in [1.29, 1.82) is 0 Å². The van der Waals surface area contributed by atoms with E-state index in [9.17, 15) is 9.90 Å². The van der Waals surface area contributed by atoms with Gasteiger partial charge in [0.1, 0.15) is 0 Å². The summed E-state index contributed by atoms with van der Waals surface area (Å²) in [5, 5.41) is 13.5. The molecule has 0 radical (unpaired) electrons. The predicted octanol–water partition coefficient (Wildman–Crippen LogP) is 3.90. The van der Waals surface area contributed by atoms with Gasteiger partial charge in [-0.25, -0.2) is 0 Å². The van der Waals surface area contributed by atoms with Gasteiger partial charge in [0.2, 0.25) is 5.91 Å². The zero-order chi connectivity index (χ0) is 16.1. The van der Waals surface area contributed by atoms with Crippen molar-refractivity contribution in [3.8, 4) is 0 Å². The average Bonchev–Trinajstić information content (AvgIpc) is 2.35. The summed E-state index contributed by atoms with van der Waals surface area (Å²) >= 11 is 0. The van der Waals surface area contributed by atoms with E-state index in [1.165, 1.54) is 6.42 Å². The van der Waals surface area contributed by atoms with E-state index in [-0.39, 0.29) is 11.3 Å². The molecule has 0 heterocycles. The highest BCUT2D eigenvalue weighted by atomic mass is 16.3. The minimum atomic E-state index is -0.672. The third-order valence-electron chi connectivity index (χ3n) is 4.72. The Bertz CT molecular complexity index is 325. The van der Waals surface area contributed by atoms with Crippen LogP contribution in [0, 0.1) is 17.3 Å². The molecule has 1 fully saturated rings. The smallest absolute Gasteiger partial charge is 0.220 e. The molecule has 3 heteroatoms. The van der Waals surface area contributed by atoms with Gasteiger partial charge in [-0.1, -0.05) is 41.0 Å². The van der Waals surface area contributed by atoms with Gasteiger partial charge >= 0.3 is 0 Å². The van der Waals surface area contributed by atoms with Crippen LogP contribution < -0.4 is 5.32 Å². The van der Waals surface area contributed by atoms with Crippen LogP contribution in [0.5, 0.6) is 0 Å². The van der Waals surface area contributed by atoms with E-state index in [1.54, 1.807) is 0 Å². The van der Waals surface area contributed by atoms with Crippen molar-refractivity contribution in [1.82, 2.24) is 5.32 Å². The molecule has 0 saturated heterocycles. The molecule has 1 aliphatic carbocycles. The molecule has 1 amide bonds. The van der Waals surface area contributed by atoms with E-state index in [0.717, 1.165) is 38.0 Å². The maximum absolute atomic E-state index is 12.0. The molecule has 124 valence electrons. The number of rotatable bonds is 6. The molecule has 1 unspecified atom stereocenters. The molecule has 1 atom stereocenters. The van der Waals surface area contributed by atoms with Gasteiger partial charge in [0.15, 0.2) is 0 Å². The van der Waals surface area contributed by atoms with E-state index in [4.69, 9.17) is 0 Å². The molecule has 21 heavy (non-hydrogen) atoms. The molecule has 1 saturated carbocycles. The largest absolute Gasteiger partial charge is 0.388 e. The summed E-state index contributed by atoms with van der Waals surface area (Å²) in [6, 6.07) is 0.